The van der Waals surface area contributed by atoms with E-state index in [4.69, 9.17) is 4.42 Å². The molecule has 0 fully saturated rings. The summed E-state index contributed by atoms with van der Waals surface area (Å²) in [5, 5.41) is 3.46. The van der Waals surface area contributed by atoms with Gasteiger partial charge in [-0.2, -0.15) is 0 Å². The first-order valence-corrected chi connectivity index (χ1v) is 16.0. The summed E-state index contributed by atoms with van der Waals surface area (Å²) in [7, 11) is 0. The molecule has 7 heteroatoms. The zero-order valence-corrected chi connectivity index (χ0v) is 24.8. The van der Waals surface area contributed by atoms with Crippen molar-refractivity contribution in [1.82, 2.24) is 14.6 Å². The van der Waals surface area contributed by atoms with Crippen molar-refractivity contribution in [2.75, 3.05) is 13.1 Å². The molecule has 1 aromatic heterocycles. The van der Waals surface area contributed by atoms with Gasteiger partial charge in [-0.25, -0.2) is 4.98 Å². The maximum Gasteiger partial charge on any atom is 0.278 e. The molecule has 1 heterocycles. The number of amides is 2. The highest BCUT2D eigenvalue weighted by atomic mass is 32.2. The number of para-hydroxylation sites is 2. The van der Waals surface area contributed by atoms with Crippen molar-refractivity contribution in [1.29, 1.82) is 0 Å². The van der Waals surface area contributed by atoms with Crippen molar-refractivity contribution in [2.45, 2.75) is 135 Å². The number of nitrogens with one attached hydrogen (secondary N) is 1. The summed E-state index contributed by atoms with van der Waals surface area (Å²) in [4.78, 5) is 30.0. The molecule has 0 saturated heterocycles. The maximum absolute atomic E-state index is 13.1. The lowest BCUT2D eigenvalue weighted by molar-refractivity contribution is -0.129. The lowest BCUT2D eigenvalue weighted by atomic mass is 10.1. The van der Waals surface area contributed by atoms with Crippen molar-refractivity contribution in [3.05, 3.63) is 24.3 Å². The van der Waals surface area contributed by atoms with Crippen molar-refractivity contribution in [3.63, 3.8) is 0 Å². The first kappa shape index (κ1) is 32.2. The third-order valence-electron chi connectivity index (χ3n) is 6.87. The normalized spacial score (nSPS) is 11.2. The molecule has 1 aromatic carbocycles. The van der Waals surface area contributed by atoms with E-state index in [0.717, 1.165) is 36.8 Å². The van der Waals surface area contributed by atoms with Crippen molar-refractivity contribution >= 4 is 34.9 Å². The fraction of sp³-hybridized carbons (Fsp3) is 0.710. The van der Waals surface area contributed by atoms with Crippen LogP contribution >= 0.6 is 11.9 Å². The highest BCUT2D eigenvalue weighted by molar-refractivity contribution is 7.97. The van der Waals surface area contributed by atoms with Gasteiger partial charge in [-0.05, 0) is 25.0 Å². The molecule has 0 spiro atoms. The smallest absolute Gasteiger partial charge is 0.278 e. The number of nitrogens with zero attached hydrogens (tertiary/aromatic N) is 2. The van der Waals surface area contributed by atoms with E-state index in [0.29, 0.717) is 18.3 Å². The highest BCUT2D eigenvalue weighted by Crippen LogP contribution is 2.27. The van der Waals surface area contributed by atoms with Crippen LogP contribution < -0.4 is 5.32 Å². The summed E-state index contributed by atoms with van der Waals surface area (Å²) in [6, 6.07) is 7.63. The molecular formula is C31H51N3O3S. The Bertz CT molecular complexity index is 868. The molecule has 0 unspecified atom stereocenters. The molecule has 1 N–H and O–H groups in total. The van der Waals surface area contributed by atoms with Crippen LogP contribution in [0.15, 0.2) is 33.9 Å². The number of aromatic nitrogens is 1. The number of carbonyl (C=O) groups is 2. The third-order valence-corrected chi connectivity index (χ3v) is 7.81. The number of benzene rings is 1. The van der Waals surface area contributed by atoms with Gasteiger partial charge in [0.15, 0.2) is 5.58 Å². The van der Waals surface area contributed by atoms with Gasteiger partial charge in [0, 0.05) is 25.9 Å². The van der Waals surface area contributed by atoms with Crippen molar-refractivity contribution < 1.29 is 14.0 Å². The highest BCUT2D eigenvalue weighted by Gasteiger charge is 2.19. The first-order chi connectivity index (χ1) is 18.6. The quantitative estimate of drug-likeness (QED) is 0.111. The maximum atomic E-state index is 13.1. The largest absolute Gasteiger partial charge is 0.430 e. The molecule has 6 nitrogen and oxygen atoms in total. The Balaban J connectivity index is 1.72. The molecule has 2 aromatic rings. The van der Waals surface area contributed by atoms with E-state index >= 15 is 0 Å². The summed E-state index contributed by atoms with van der Waals surface area (Å²) >= 11 is 1.26. The fourth-order valence-electron chi connectivity index (χ4n) is 4.52. The number of rotatable bonds is 23. The molecule has 38 heavy (non-hydrogen) atoms. The second kappa shape index (κ2) is 20.9. The van der Waals surface area contributed by atoms with Gasteiger partial charge in [-0.1, -0.05) is 116 Å². The minimum absolute atomic E-state index is 0.0394. The van der Waals surface area contributed by atoms with Gasteiger partial charge < -0.3 is 9.73 Å². The number of oxazole rings is 1. The standard InChI is InChI=1S/C31H51N3O3S/c1-3-5-7-9-11-13-15-19-25-32-29(35)23-24-30(36)34(26-20-16-14-12-10-8-6-4-2)38-31-33-27-21-17-18-22-28(27)37-31/h17-18,21-22H,3-16,19-20,23-26H2,1-2H3,(H,32,35). The first-order valence-electron chi connectivity index (χ1n) is 15.2. The third kappa shape index (κ3) is 14.2. The van der Waals surface area contributed by atoms with Crippen molar-refractivity contribution in [3.8, 4) is 0 Å². The minimum Gasteiger partial charge on any atom is -0.430 e. The van der Waals surface area contributed by atoms with Gasteiger partial charge in [0.25, 0.3) is 5.22 Å². The lowest BCUT2D eigenvalue weighted by Gasteiger charge is -2.19. The molecule has 0 bridgehead atoms. The van der Waals surface area contributed by atoms with E-state index in [1.54, 1.807) is 4.31 Å². The summed E-state index contributed by atoms with van der Waals surface area (Å²) in [6.07, 6.45) is 20.0. The molecule has 0 aliphatic heterocycles. The zero-order chi connectivity index (χ0) is 27.3. The van der Waals surface area contributed by atoms with E-state index < -0.39 is 0 Å². The van der Waals surface area contributed by atoms with Gasteiger partial charge in [-0.3, -0.25) is 13.9 Å². The Hall–Kier alpha value is -2.02. The summed E-state index contributed by atoms with van der Waals surface area (Å²) in [6.45, 7) is 5.81. The van der Waals surface area contributed by atoms with Crippen LogP contribution in [0, 0.1) is 0 Å². The average molecular weight is 546 g/mol. The van der Waals surface area contributed by atoms with E-state index in [9.17, 15) is 9.59 Å². The Kier molecular flexibility index (Phi) is 17.7. The van der Waals surface area contributed by atoms with Gasteiger partial charge >= 0.3 is 0 Å². The van der Waals surface area contributed by atoms with Gasteiger partial charge in [-0.15, -0.1) is 0 Å². The Morgan fingerprint density at radius 1 is 0.789 bits per heavy atom. The second-order valence-corrected chi connectivity index (χ2v) is 11.3. The number of hydrogen-bond donors (Lipinski definition) is 1. The van der Waals surface area contributed by atoms with Crippen LogP contribution in [0.5, 0.6) is 0 Å². The predicted molar refractivity (Wildman–Crippen MR) is 159 cm³/mol. The van der Waals surface area contributed by atoms with Gasteiger partial charge in [0.2, 0.25) is 11.8 Å². The molecule has 2 rings (SSSR count). The van der Waals surface area contributed by atoms with E-state index in [2.05, 4.69) is 24.1 Å². The molecule has 214 valence electrons. The SMILES string of the molecule is CCCCCCCCCCNC(=O)CCC(=O)N(CCCCCCCCCC)Sc1nc2ccccc2o1. The number of fused-ring (bicyclic) bond motifs is 1. The average Bonchev–Trinajstić information content (AvgIpc) is 3.34. The van der Waals surface area contributed by atoms with Crippen LogP contribution in [0.1, 0.15) is 129 Å². The molecule has 0 saturated carbocycles. The van der Waals surface area contributed by atoms with E-state index in [-0.39, 0.29) is 24.7 Å². The van der Waals surface area contributed by atoms with Crippen LogP contribution in [0.2, 0.25) is 0 Å². The predicted octanol–water partition coefficient (Wildman–Crippen LogP) is 8.84. The summed E-state index contributed by atoms with van der Waals surface area (Å²) < 4.78 is 7.59. The number of carbonyl (C=O) groups excluding carboxylic acids is 2. The monoisotopic (exact) mass is 545 g/mol. The van der Waals surface area contributed by atoms with Crippen LogP contribution in [-0.2, 0) is 9.59 Å². The van der Waals surface area contributed by atoms with Crippen LogP contribution in [0.25, 0.3) is 11.1 Å². The van der Waals surface area contributed by atoms with Gasteiger partial charge in [0.1, 0.15) is 5.52 Å². The molecule has 0 aliphatic carbocycles. The molecule has 0 aliphatic rings. The molecule has 2 amide bonds. The molecule has 0 radical (unpaired) electrons. The Morgan fingerprint density at radius 2 is 1.37 bits per heavy atom. The van der Waals surface area contributed by atoms with Crippen LogP contribution in [-0.4, -0.2) is 34.2 Å². The van der Waals surface area contributed by atoms with Crippen LogP contribution in [0.4, 0.5) is 0 Å². The fourth-order valence-corrected chi connectivity index (χ4v) is 5.38. The Morgan fingerprint density at radius 3 is 2.00 bits per heavy atom. The summed E-state index contributed by atoms with van der Waals surface area (Å²) in [5.74, 6) is -0.0809. The topological polar surface area (TPSA) is 75.4 Å². The molecule has 0 atom stereocenters. The minimum atomic E-state index is -0.0415. The van der Waals surface area contributed by atoms with Crippen molar-refractivity contribution in [2.24, 2.45) is 0 Å². The second-order valence-electron chi connectivity index (χ2n) is 10.3. The van der Waals surface area contributed by atoms with E-state index in [1.807, 2.05) is 24.3 Å². The van der Waals surface area contributed by atoms with Gasteiger partial charge in [0.05, 0.1) is 11.9 Å². The van der Waals surface area contributed by atoms with E-state index in [1.165, 1.54) is 89.0 Å². The lowest BCUT2D eigenvalue weighted by Crippen LogP contribution is -2.29. The van der Waals surface area contributed by atoms with Crippen LogP contribution in [0.3, 0.4) is 0 Å². The summed E-state index contributed by atoms with van der Waals surface area (Å²) in [5.41, 5.74) is 1.50. The Labute approximate surface area is 235 Å². The zero-order valence-electron chi connectivity index (χ0n) is 24.0. The molecular weight excluding hydrogens is 494 g/mol. The number of unbranched alkanes of at least 4 members (excludes halogenated alkanes) is 14. The number of hydrogen-bond acceptors (Lipinski definition) is 5.